The summed E-state index contributed by atoms with van der Waals surface area (Å²) in [7, 11) is 0. The van der Waals surface area contributed by atoms with Crippen LogP contribution in [0.5, 0.6) is 0 Å². The van der Waals surface area contributed by atoms with E-state index in [0.717, 1.165) is 11.8 Å². The van der Waals surface area contributed by atoms with E-state index in [9.17, 15) is 19.0 Å². The lowest BCUT2D eigenvalue weighted by atomic mass is 10.1. The van der Waals surface area contributed by atoms with E-state index in [1.165, 1.54) is 11.2 Å². The van der Waals surface area contributed by atoms with Crippen LogP contribution in [0.4, 0.5) is 8.78 Å². The average molecular weight is 349 g/mol. The minimum Gasteiger partial charge on any atom is -0.387 e. The molecule has 0 aromatic heterocycles. The van der Waals surface area contributed by atoms with Crippen LogP contribution in [-0.2, 0) is 4.74 Å². The first-order valence-electron chi connectivity index (χ1n) is 7.02. The molecule has 0 aromatic rings. The summed E-state index contributed by atoms with van der Waals surface area (Å²) in [6.07, 6.45) is -5.01. The number of hydrogen-bond donors (Lipinski definition) is 3. The maximum atomic E-state index is 12.2. The quantitative estimate of drug-likeness (QED) is 0.578. The van der Waals surface area contributed by atoms with E-state index in [0.29, 0.717) is 11.7 Å². The monoisotopic (exact) mass is 349 g/mol. The van der Waals surface area contributed by atoms with Crippen molar-refractivity contribution in [1.29, 1.82) is 0 Å². The molecule has 3 rings (SSSR count). The van der Waals surface area contributed by atoms with Crippen LogP contribution in [0, 0.1) is 0 Å². The van der Waals surface area contributed by atoms with Gasteiger partial charge >= 0.3 is 0 Å². The van der Waals surface area contributed by atoms with Gasteiger partial charge in [-0.25, -0.2) is 18.8 Å². The van der Waals surface area contributed by atoms with Crippen molar-refractivity contribution in [1.82, 2.24) is 4.90 Å². The fourth-order valence-electron chi connectivity index (χ4n) is 2.62. The first kappa shape index (κ1) is 16.6. The fourth-order valence-corrected chi connectivity index (χ4v) is 3.45. The molecule has 0 radical (unpaired) electrons. The molecule has 0 amide bonds. The van der Waals surface area contributed by atoms with Gasteiger partial charge in [0.1, 0.15) is 30.5 Å². The van der Waals surface area contributed by atoms with Crippen LogP contribution in [0.25, 0.3) is 0 Å². The predicted molar refractivity (Wildman–Crippen MR) is 82.0 cm³/mol. The summed E-state index contributed by atoms with van der Waals surface area (Å²) < 4.78 is 30.0. The fraction of sp³-hybridized carbons (Fsp3) is 0.750. The molecule has 23 heavy (non-hydrogen) atoms. The second kappa shape index (κ2) is 6.67. The Kier molecular flexibility index (Phi) is 4.80. The Morgan fingerprint density at radius 1 is 1.39 bits per heavy atom. The molecule has 0 bridgehead atoms. The van der Waals surface area contributed by atoms with Crippen LogP contribution in [0.15, 0.2) is 15.0 Å². The van der Waals surface area contributed by atoms with Crippen molar-refractivity contribution in [2.24, 2.45) is 20.7 Å². The maximum Gasteiger partial charge on any atom is 0.247 e. The number of alkyl halides is 2. The zero-order chi connectivity index (χ0) is 16.6. The number of hydrogen-bond acceptors (Lipinski definition) is 9. The number of nitrogens with zero attached hydrogens (tertiary/aromatic N) is 4. The van der Waals surface area contributed by atoms with Crippen molar-refractivity contribution in [2.75, 3.05) is 18.2 Å². The van der Waals surface area contributed by atoms with E-state index in [-0.39, 0.29) is 18.2 Å². The van der Waals surface area contributed by atoms with E-state index in [2.05, 4.69) is 15.0 Å². The van der Waals surface area contributed by atoms with E-state index in [4.69, 9.17) is 10.5 Å². The lowest BCUT2D eigenvalue weighted by molar-refractivity contribution is -0.0296. The molecular formula is C12H17F2N5O3S. The third kappa shape index (κ3) is 3.18. The Balaban J connectivity index is 1.65. The van der Waals surface area contributed by atoms with Gasteiger partial charge in [-0.05, 0) is 0 Å². The van der Waals surface area contributed by atoms with Gasteiger partial charge in [0.15, 0.2) is 12.3 Å². The molecule has 0 saturated carbocycles. The Morgan fingerprint density at radius 2 is 2.17 bits per heavy atom. The molecule has 1 fully saturated rings. The Bertz CT molecular complexity index is 547. The SMILES string of the molecule is NC1=NCN=C2C1N=CN2C1O[C@H](CSCC(F)F)[C@@H](O)[C@H]1O. The van der Waals surface area contributed by atoms with E-state index in [1.807, 2.05) is 0 Å². The van der Waals surface area contributed by atoms with Gasteiger partial charge in [-0.1, -0.05) is 0 Å². The van der Waals surface area contributed by atoms with Crippen LogP contribution < -0.4 is 5.73 Å². The highest BCUT2D eigenvalue weighted by Crippen LogP contribution is 2.29. The minimum absolute atomic E-state index is 0.156. The molecule has 4 N–H and O–H groups in total. The first-order valence-corrected chi connectivity index (χ1v) is 8.17. The number of halogens is 2. The average Bonchev–Trinajstić information content (AvgIpc) is 3.04. The minimum atomic E-state index is -2.43. The van der Waals surface area contributed by atoms with Crippen molar-refractivity contribution in [3.05, 3.63) is 0 Å². The van der Waals surface area contributed by atoms with E-state index < -0.39 is 37.0 Å². The summed E-state index contributed by atoms with van der Waals surface area (Å²) in [6, 6.07) is -0.510. The molecule has 0 spiro atoms. The Labute approximate surface area is 135 Å². The topological polar surface area (TPSA) is 116 Å². The van der Waals surface area contributed by atoms with Gasteiger partial charge in [-0.2, -0.15) is 11.8 Å². The summed E-state index contributed by atoms with van der Waals surface area (Å²) >= 11 is 0.965. The van der Waals surface area contributed by atoms with Crippen LogP contribution in [0.1, 0.15) is 0 Å². The number of ether oxygens (including phenoxy) is 1. The second-order valence-corrected chi connectivity index (χ2v) is 6.36. The van der Waals surface area contributed by atoms with Crippen LogP contribution in [0.2, 0.25) is 0 Å². The number of thioether (sulfide) groups is 1. The highest BCUT2D eigenvalue weighted by Gasteiger charge is 2.48. The van der Waals surface area contributed by atoms with E-state index >= 15 is 0 Å². The molecule has 3 aliphatic heterocycles. The van der Waals surface area contributed by atoms with Crippen molar-refractivity contribution < 1.29 is 23.7 Å². The summed E-state index contributed by atoms with van der Waals surface area (Å²) in [5, 5.41) is 20.3. The molecule has 11 heteroatoms. The smallest absolute Gasteiger partial charge is 0.247 e. The molecule has 0 aromatic carbocycles. The first-order chi connectivity index (χ1) is 11.0. The van der Waals surface area contributed by atoms with Crippen molar-refractivity contribution in [3.8, 4) is 0 Å². The van der Waals surface area contributed by atoms with Crippen molar-refractivity contribution >= 4 is 29.8 Å². The van der Waals surface area contributed by atoms with Gasteiger partial charge in [0.25, 0.3) is 0 Å². The van der Waals surface area contributed by atoms with Gasteiger partial charge in [0.2, 0.25) is 6.43 Å². The zero-order valence-corrected chi connectivity index (χ0v) is 12.8. The van der Waals surface area contributed by atoms with Gasteiger partial charge in [0.05, 0.1) is 18.2 Å². The summed E-state index contributed by atoms with van der Waals surface area (Å²) in [6.45, 7) is 0.163. The molecule has 3 heterocycles. The number of amidine groups is 2. The highest BCUT2D eigenvalue weighted by atomic mass is 32.2. The van der Waals surface area contributed by atoms with Gasteiger partial charge < -0.3 is 20.7 Å². The molecule has 3 aliphatic rings. The molecule has 8 nitrogen and oxygen atoms in total. The molecule has 1 saturated heterocycles. The van der Waals surface area contributed by atoms with Crippen molar-refractivity contribution in [3.63, 3.8) is 0 Å². The number of aliphatic imine (C=N–C) groups is 3. The lowest BCUT2D eigenvalue weighted by Gasteiger charge is -2.28. The standard InChI is InChI=1S/C12H17F2N5O3S/c13-6(14)2-23-1-5-8(20)9(21)12(22-5)19-4-18-7-10(15)16-3-17-11(7)19/h4-9,12,20-21H,1-3H2,(H2,15,16)/t5-,7?,8-,9-,12?/m1/s1. The summed E-state index contributed by atoms with van der Waals surface area (Å²) in [4.78, 5) is 13.9. The Hall–Kier alpha value is -1.30. The molecule has 5 atom stereocenters. The number of aliphatic hydroxyl groups is 2. The zero-order valence-electron chi connectivity index (χ0n) is 12.0. The molecule has 0 aliphatic carbocycles. The predicted octanol–water partition coefficient (Wildman–Crippen LogP) is -1.13. The van der Waals surface area contributed by atoms with E-state index in [1.54, 1.807) is 0 Å². The summed E-state index contributed by atoms with van der Waals surface area (Å²) in [5.41, 5.74) is 5.77. The number of fused-ring (bicyclic) bond motifs is 1. The highest BCUT2D eigenvalue weighted by molar-refractivity contribution is 7.99. The molecule has 128 valence electrons. The maximum absolute atomic E-state index is 12.2. The van der Waals surface area contributed by atoms with Crippen LogP contribution in [-0.4, -0.2) is 88.3 Å². The van der Waals surface area contributed by atoms with Gasteiger partial charge in [0, 0.05) is 5.75 Å². The Morgan fingerprint density at radius 3 is 2.91 bits per heavy atom. The van der Waals surface area contributed by atoms with Gasteiger partial charge in [-0.3, -0.25) is 9.89 Å². The molecule has 2 unspecified atom stereocenters. The van der Waals surface area contributed by atoms with Crippen LogP contribution >= 0.6 is 11.8 Å². The van der Waals surface area contributed by atoms with Crippen LogP contribution in [0.3, 0.4) is 0 Å². The molecular weight excluding hydrogens is 332 g/mol. The normalized spacial score (nSPS) is 36.4. The van der Waals surface area contributed by atoms with Gasteiger partial charge in [-0.15, -0.1) is 0 Å². The number of nitrogens with two attached hydrogens (primary N) is 1. The lowest BCUT2D eigenvalue weighted by Crippen LogP contribution is -2.49. The third-order valence-corrected chi connectivity index (χ3v) is 4.80. The summed E-state index contributed by atoms with van der Waals surface area (Å²) in [5.74, 6) is 0.629. The third-order valence-electron chi connectivity index (χ3n) is 3.75. The second-order valence-electron chi connectivity index (χ2n) is 5.29. The van der Waals surface area contributed by atoms with Crippen molar-refractivity contribution in [2.45, 2.75) is 37.0 Å². The number of aliphatic hydroxyl groups excluding tert-OH is 2. The largest absolute Gasteiger partial charge is 0.387 e. The number of rotatable bonds is 5.